The maximum absolute atomic E-state index is 12.9. The van der Waals surface area contributed by atoms with Crippen LogP contribution in [-0.2, 0) is 13.6 Å². The lowest BCUT2D eigenvalue weighted by molar-refractivity contribution is 0.124. The lowest BCUT2D eigenvalue weighted by Gasteiger charge is -2.25. The third kappa shape index (κ3) is 5.91. The maximum atomic E-state index is 12.9. The molecule has 0 bridgehead atoms. The van der Waals surface area contributed by atoms with Crippen LogP contribution in [-0.4, -0.2) is 18.3 Å². The molecule has 0 aromatic heterocycles. The van der Waals surface area contributed by atoms with Gasteiger partial charge >= 0.3 is 7.60 Å². The summed E-state index contributed by atoms with van der Waals surface area (Å²) >= 11 is 0. The molecule has 0 radical (unpaired) electrons. The number of aliphatic hydroxyl groups excluding tert-OH is 1. The average Bonchev–Trinajstić information content (AvgIpc) is 2.43. The summed E-state index contributed by atoms with van der Waals surface area (Å²) in [6, 6.07) is 7.25. The zero-order valence-corrected chi connectivity index (χ0v) is 14.5. The molecule has 21 heavy (non-hydrogen) atoms. The van der Waals surface area contributed by atoms with Gasteiger partial charge < -0.3 is 14.2 Å². The first-order chi connectivity index (χ1) is 9.74. The van der Waals surface area contributed by atoms with Gasteiger partial charge in [-0.05, 0) is 24.3 Å². The molecule has 0 fully saturated rings. The maximum Gasteiger partial charge on any atom is 0.363 e. The van der Waals surface area contributed by atoms with Gasteiger partial charge in [0.25, 0.3) is 0 Å². The van der Waals surface area contributed by atoms with Crippen LogP contribution in [0.1, 0.15) is 44.7 Å². The van der Waals surface area contributed by atoms with Crippen LogP contribution in [0.3, 0.4) is 0 Å². The number of hydrogen-bond donors (Lipinski definition) is 1. The van der Waals surface area contributed by atoms with E-state index in [9.17, 15) is 9.67 Å². The lowest BCUT2D eigenvalue weighted by atomic mass is 10.2. The van der Waals surface area contributed by atoms with Crippen molar-refractivity contribution in [2.75, 3.05) is 13.2 Å². The Bertz CT molecular complexity index is 452. The molecule has 0 heterocycles. The molecule has 0 aliphatic rings. The fourth-order valence-electron chi connectivity index (χ4n) is 1.61. The molecule has 0 spiro atoms. The SMILES string of the molecule is Cc1ccc(C(O)P(=O)(OCC(C)C)OCC(C)C)cc1. The topological polar surface area (TPSA) is 55.8 Å². The Balaban J connectivity index is 2.92. The molecular formula is C16H27O4P. The Labute approximate surface area is 128 Å². The number of aliphatic hydroxyl groups is 1. The first-order valence-electron chi connectivity index (χ1n) is 7.38. The molecule has 1 unspecified atom stereocenters. The summed E-state index contributed by atoms with van der Waals surface area (Å²) in [5.74, 6) is -0.826. The molecule has 1 atom stereocenters. The van der Waals surface area contributed by atoms with Crippen molar-refractivity contribution in [2.24, 2.45) is 11.8 Å². The van der Waals surface area contributed by atoms with Crippen LogP contribution in [0.15, 0.2) is 24.3 Å². The quantitative estimate of drug-likeness (QED) is 0.717. The molecule has 0 aliphatic heterocycles. The summed E-state index contributed by atoms with van der Waals surface area (Å²) in [4.78, 5) is 0. The highest BCUT2D eigenvalue weighted by Gasteiger charge is 2.36. The Hall–Kier alpha value is -0.670. The fraction of sp³-hybridized carbons (Fsp3) is 0.625. The second-order valence-electron chi connectivity index (χ2n) is 6.20. The van der Waals surface area contributed by atoms with Crippen molar-refractivity contribution in [2.45, 2.75) is 40.5 Å². The first-order valence-corrected chi connectivity index (χ1v) is 8.99. The standard InChI is InChI=1S/C16H27O4P/c1-12(2)10-19-21(18,20-11-13(3)4)16(17)15-8-6-14(5)7-9-15/h6-9,12-13,16-17H,10-11H2,1-5H3. The van der Waals surface area contributed by atoms with Gasteiger partial charge in [-0.2, -0.15) is 0 Å². The van der Waals surface area contributed by atoms with E-state index in [2.05, 4.69) is 0 Å². The predicted molar refractivity (Wildman–Crippen MR) is 85.3 cm³/mol. The van der Waals surface area contributed by atoms with Crippen molar-refractivity contribution in [1.29, 1.82) is 0 Å². The van der Waals surface area contributed by atoms with E-state index in [1.165, 1.54) is 0 Å². The van der Waals surface area contributed by atoms with Gasteiger partial charge in [-0.1, -0.05) is 57.5 Å². The van der Waals surface area contributed by atoms with E-state index >= 15 is 0 Å². The molecule has 1 rings (SSSR count). The summed E-state index contributed by atoms with van der Waals surface area (Å²) in [7, 11) is -3.60. The van der Waals surface area contributed by atoms with Gasteiger partial charge in [0.05, 0.1) is 13.2 Å². The molecule has 1 aromatic rings. The van der Waals surface area contributed by atoms with Gasteiger partial charge in [-0.15, -0.1) is 0 Å². The molecule has 120 valence electrons. The van der Waals surface area contributed by atoms with E-state index < -0.39 is 13.4 Å². The van der Waals surface area contributed by atoms with Crippen LogP contribution in [0.2, 0.25) is 0 Å². The number of hydrogen-bond acceptors (Lipinski definition) is 4. The molecule has 0 amide bonds. The van der Waals surface area contributed by atoms with E-state index in [4.69, 9.17) is 9.05 Å². The van der Waals surface area contributed by atoms with Gasteiger partial charge in [0.2, 0.25) is 0 Å². The van der Waals surface area contributed by atoms with Crippen LogP contribution in [0.25, 0.3) is 0 Å². The van der Waals surface area contributed by atoms with Gasteiger partial charge in [0.1, 0.15) is 0 Å². The Morgan fingerprint density at radius 2 is 1.43 bits per heavy atom. The Morgan fingerprint density at radius 1 is 1.00 bits per heavy atom. The third-order valence-electron chi connectivity index (χ3n) is 2.85. The molecule has 1 N–H and O–H groups in total. The van der Waals surface area contributed by atoms with Crippen LogP contribution in [0.5, 0.6) is 0 Å². The predicted octanol–water partition coefficient (Wildman–Crippen LogP) is 4.52. The van der Waals surface area contributed by atoms with Crippen molar-refractivity contribution in [3.63, 3.8) is 0 Å². The van der Waals surface area contributed by atoms with Crippen LogP contribution in [0, 0.1) is 18.8 Å². The van der Waals surface area contributed by atoms with Crippen molar-refractivity contribution in [1.82, 2.24) is 0 Å². The molecule has 0 saturated heterocycles. The summed E-state index contributed by atoms with van der Waals surface area (Å²) in [5.41, 5.74) is 1.63. The molecule has 1 aromatic carbocycles. The minimum Gasteiger partial charge on any atom is -0.376 e. The highest BCUT2D eigenvalue weighted by atomic mass is 31.2. The second-order valence-corrected chi connectivity index (χ2v) is 8.29. The normalized spacial score (nSPS) is 13.9. The molecular weight excluding hydrogens is 287 g/mol. The van der Waals surface area contributed by atoms with Crippen molar-refractivity contribution in [3.05, 3.63) is 35.4 Å². The lowest BCUT2D eigenvalue weighted by Crippen LogP contribution is -2.11. The summed E-state index contributed by atoms with van der Waals surface area (Å²) in [6.07, 6.45) is 0. The van der Waals surface area contributed by atoms with E-state index in [1.54, 1.807) is 12.1 Å². The number of benzene rings is 1. The Morgan fingerprint density at radius 3 is 1.81 bits per heavy atom. The van der Waals surface area contributed by atoms with E-state index in [0.717, 1.165) is 5.56 Å². The van der Waals surface area contributed by atoms with Gasteiger partial charge in [-0.25, -0.2) is 0 Å². The third-order valence-corrected chi connectivity index (χ3v) is 4.77. The average molecular weight is 314 g/mol. The Kier molecular flexibility index (Phi) is 7.08. The van der Waals surface area contributed by atoms with Gasteiger partial charge in [-0.3, -0.25) is 4.57 Å². The van der Waals surface area contributed by atoms with E-state index in [1.807, 2.05) is 46.8 Å². The monoisotopic (exact) mass is 314 g/mol. The molecule has 4 nitrogen and oxygen atoms in total. The summed E-state index contributed by atoms with van der Waals surface area (Å²) in [5, 5.41) is 10.4. The van der Waals surface area contributed by atoms with Gasteiger partial charge in [0, 0.05) is 0 Å². The highest BCUT2D eigenvalue weighted by Crippen LogP contribution is 2.60. The second kappa shape index (κ2) is 8.09. The van der Waals surface area contributed by atoms with Crippen LogP contribution < -0.4 is 0 Å². The summed E-state index contributed by atoms with van der Waals surface area (Å²) < 4.78 is 23.9. The fourth-order valence-corrected chi connectivity index (χ4v) is 3.51. The molecule has 0 saturated carbocycles. The zero-order chi connectivity index (χ0) is 16.0. The highest BCUT2D eigenvalue weighted by molar-refractivity contribution is 7.54. The number of rotatable bonds is 8. The van der Waals surface area contributed by atoms with Crippen molar-refractivity contribution < 1.29 is 18.7 Å². The van der Waals surface area contributed by atoms with Crippen LogP contribution in [0.4, 0.5) is 0 Å². The zero-order valence-electron chi connectivity index (χ0n) is 13.6. The van der Waals surface area contributed by atoms with Crippen LogP contribution >= 0.6 is 7.60 Å². The minimum atomic E-state index is -3.60. The van der Waals surface area contributed by atoms with Crippen molar-refractivity contribution >= 4 is 7.60 Å². The molecule has 0 aliphatic carbocycles. The summed E-state index contributed by atoms with van der Waals surface area (Å²) in [6.45, 7) is 10.4. The van der Waals surface area contributed by atoms with Crippen molar-refractivity contribution in [3.8, 4) is 0 Å². The smallest absolute Gasteiger partial charge is 0.363 e. The number of aryl methyl sites for hydroxylation is 1. The largest absolute Gasteiger partial charge is 0.376 e. The van der Waals surface area contributed by atoms with Gasteiger partial charge in [0.15, 0.2) is 5.85 Å². The van der Waals surface area contributed by atoms with E-state index in [0.29, 0.717) is 5.56 Å². The van der Waals surface area contributed by atoms with E-state index in [-0.39, 0.29) is 25.0 Å². The first kappa shape index (κ1) is 18.4. The minimum absolute atomic E-state index is 0.214. The molecule has 5 heteroatoms.